The fourth-order valence-corrected chi connectivity index (χ4v) is 5.76. The monoisotopic (exact) mass is 557 g/mol. The molecule has 0 bridgehead atoms. The number of halogens is 7. The third kappa shape index (κ3) is 5.14. The van der Waals surface area contributed by atoms with Gasteiger partial charge in [-0.05, 0) is 37.3 Å². The predicted molar refractivity (Wildman–Crippen MR) is 118 cm³/mol. The molecule has 0 saturated carbocycles. The van der Waals surface area contributed by atoms with Crippen LogP contribution in [-0.2, 0) is 22.4 Å². The summed E-state index contributed by atoms with van der Waals surface area (Å²) in [5.41, 5.74) is -1.49. The molecule has 0 aliphatic carbocycles. The summed E-state index contributed by atoms with van der Waals surface area (Å²) in [6.45, 7) is 1.47. The number of aryl methyl sites for hydroxylation is 1. The molecule has 0 radical (unpaired) electrons. The van der Waals surface area contributed by atoms with Gasteiger partial charge < -0.3 is 9.64 Å². The van der Waals surface area contributed by atoms with E-state index in [1.165, 1.54) is 25.1 Å². The molecule has 0 amide bonds. The van der Waals surface area contributed by atoms with Crippen LogP contribution in [0.2, 0.25) is 5.02 Å². The SMILES string of the molecule is Cc1sc(NS(=O)(=O)c2ccc3c(c2)OCCN3c2ccc(C(F)(F)F)cc2Cl)nc1C(F)(F)F. The third-order valence-corrected chi connectivity index (χ3v) is 7.61. The fraction of sp³-hybridized carbons (Fsp3) is 0.250. The molecule has 188 valence electrons. The third-order valence-electron chi connectivity index (χ3n) is 4.96. The van der Waals surface area contributed by atoms with Crippen molar-refractivity contribution in [3.63, 3.8) is 0 Å². The van der Waals surface area contributed by atoms with E-state index in [1.807, 2.05) is 4.72 Å². The highest BCUT2D eigenvalue weighted by atomic mass is 35.5. The molecule has 0 spiro atoms. The van der Waals surface area contributed by atoms with Gasteiger partial charge in [-0.15, -0.1) is 11.3 Å². The second-order valence-electron chi connectivity index (χ2n) is 7.32. The second-order valence-corrected chi connectivity index (χ2v) is 10.6. The number of ether oxygens (including phenoxy) is 1. The van der Waals surface area contributed by atoms with E-state index in [4.69, 9.17) is 16.3 Å². The quantitative estimate of drug-likeness (QED) is 0.372. The summed E-state index contributed by atoms with van der Waals surface area (Å²) in [6, 6.07) is 6.59. The number of nitrogens with zero attached hydrogens (tertiary/aromatic N) is 2. The molecule has 2 aromatic carbocycles. The molecule has 2 heterocycles. The lowest BCUT2D eigenvalue weighted by Crippen LogP contribution is -2.29. The first-order valence-electron chi connectivity index (χ1n) is 9.65. The lowest BCUT2D eigenvalue weighted by Gasteiger charge is -2.32. The van der Waals surface area contributed by atoms with Crippen LogP contribution in [0.25, 0.3) is 0 Å². The maximum absolute atomic E-state index is 13.0. The van der Waals surface area contributed by atoms with Crippen molar-refractivity contribution in [3.05, 3.63) is 57.6 Å². The second kappa shape index (κ2) is 8.75. The number of benzene rings is 2. The van der Waals surface area contributed by atoms with E-state index in [9.17, 15) is 34.8 Å². The Hall–Kier alpha value is -2.71. The van der Waals surface area contributed by atoms with Gasteiger partial charge in [0.2, 0.25) is 0 Å². The Morgan fingerprint density at radius 3 is 2.34 bits per heavy atom. The summed E-state index contributed by atoms with van der Waals surface area (Å²) in [5, 5.41) is -0.614. The molecule has 1 aromatic heterocycles. The van der Waals surface area contributed by atoms with Crippen LogP contribution in [0, 0.1) is 6.92 Å². The molecular formula is C20H14ClF6N3O3S2. The number of alkyl halides is 6. The minimum absolute atomic E-state index is 0.0713. The Balaban J connectivity index is 1.64. The van der Waals surface area contributed by atoms with E-state index < -0.39 is 38.8 Å². The number of fused-ring (bicyclic) bond motifs is 1. The highest BCUT2D eigenvalue weighted by Gasteiger charge is 2.37. The highest BCUT2D eigenvalue weighted by molar-refractivity contribution is 7.93. The van der Waals surface area contributed by atoms with Crippen LogP contribution in [0.3, 0.4) is 0 Å². The van der Waals surface area contributed by atoms with E-state index >= 15 is 0 Å². The van der Waals surface area contributed by atoms with Gasteiger partial charge in [-0.2, -0.15) is 26.3 Å². The van der Waals surface area contributed by atoms with Gasteiger partial charge in [0.05, 0.1) is 33.4 Å². The van der Waals surface area contributed by atoms with Crippen LogP contribution in [0.5, 0.6) is 5.75 Å². The van der Waals surface area contributed by atoms with E-state index in [2.05, 4.69) is 4.98 Å². The van der Waals surface area contributed by atoms with Gasteiger partial charge in [0.15, 0.2) is 10.8 Å². The van der Waals surface area contributed by atoms with Crippen molar-refractivity contribution in [1.82, 2.24) is 4.98 Å². The average molecular weight is 558 g/mol. The van der Waals surface area contributed by atoms with Crippen molar-refractivity contribution in [1.29, 1.82) is 0 Å². The van der Waals surface area contributed by atoms with Gasteiger partial charge in [0, 0.05) is 10.9 Å². The summed E-state index contributed by atoms with van der Waals surface area (Å²) in [4.78, 5) is 4.40. The molecule has 0 saturated heterocycles. The molecule has 1 aliphatic rings. The molecule has 4 rings (SSSR count). The molecule has 0 atom stereocenters. The van der Waals surface area contributed by atoms with Crippen LogP contribution >= 0.6 is 22.9 Å². The van der Waals surface area contributed by atoms with E-state index in [0.29, 0.717) is 17.0 Å². The highest BCUT2D eigenvalue weighted by Crippen LogP contribution is 2.43. The predicted octanol–water partition coefficient (Wildman–Crippen LogP) is 6.47. The van der Waals surface area contributed by atoms with Crippen molar-refractivity contribution in [3.8, 4) is 5.75 Å². The Kier molecular flexibility index (Phi) is 6.34. The van der Waals surface area contributed by atoms with Crippen LogP contribution in [0.1, 0.15) is 16.1 Å². The number of anilines is 3. The smallest absolute Gasteiger partial charge is 0.434 e. The molecule has 0 fully saturated rings. The summed E-state index contributed by atoms with van der Waals surface area (Å²) in [5.74, 6) is 0.0985. The van der Waals surface area contributed by atoms with Gasteiger partial charge in [-0.1, -0.05) is 11.6 Å². The van der Waals surface area contributed by atoms with Crippen molar-refractivity contribution in [2.24, 2.45) is 0 Å². The topological polar surface area (TPSA) is 71.5 Å². The van der Waals surface area contributed by atoms with E-state index in [0.717, 1.165) is 18.2 Å². The largest absolute Gasteiger partial charge is 0.489 e. The van der Waals surface area contributed by atoms with E-state index in [-0.39, 0.29) is 39.4 Å². The van der Waals surface area contributed by atoms with Gasteiger partial charge in [0.1, 0.15) is 12.4 Å². The van der Waals surface area contributed by atoms with Crippen molar-refractivity contribution >= 4 is 49.5 Å². The Morgan fingerprint density at radius 1 is 1.06 bits per heavy atom. The number of hydrogen-bond donors (Lipinski definition) is 1. The van der Waals surface area contributed by atoms with Gasteiger partial charge in [-0.25, -0.2) is 13.4 Å². The number of thiazole rings is 1. The van der Waals surface area contributed by atoms with Crippen LogP contribution in [0.15, 0.2) is 41.3 Å². The van der Waals surface area contributed by atoms with Crippen molar-refractivity contribution < 1.29 is 39.5 Å². The average Bonchev–Trinajstić information content (AvgIpc) is 3.12. The van der Waals surface area contributed by atoms with Crippen LogP contribution in [-0.4, -0.2) is 26.6 Å². The molecule has 1 N–H and O–H groups in total. The Labute approximate surface area is 204 Å². The van der Waals surface area contributed by atoms with Crippen molar-refractivity contribution in [2.75, 3.05) is 22.8 Å². The van der Waals surface area contributed by atoms with Gasteiger partial charge >= 0.3 is 12.4 Å². The first kappa shape index (κ1) is 25.4. The molecular weight excluding hydrogens is 544 g/mol. The maximum Gasteiger partial charge on any atom is 0.434 e. The van der Waals surface area contributed by atoms with Crippen LogP contribution < -0.4 is 14.4 Å². The first-order valence-corrected chi connectivity index (χ1v) is 12.3. The first-order chi connectivity index (χ1) is 16.2. The van der Waals surface area contributed by atoms with E-state index in [1.54, 1.807) is 4.90 Å². The number of nitrogens with one attached hydrogen (secondary N) is 1. The number of hydrogen-bond acceptors (Lipinski definition) is 6. The molecule has 3 aromatic rings. The van der Waals surface area contributed by atoms with Crippen LogP contribution in [0.4, 0.5) is 42.8 Å². The maximum atomic E-state index is 13.0. The molecule has 1 aliphatic heterocycles. The number of rotatable bonds is 4. The van der Waals surface area contributed by atoms with Gasteiger partial charge in [-0.3, -0.25) is 4.72 Å². The normalized spacial score (nSPS) is 14.5. The molecule has 35 heavy (non-hydrogen) atoms. The summed E-state index contributed by atoms with van der Waals surface area (Å²) in [7, 11) is -4.33. The molecule has 0 unspecified atom stereocenters. The standard InChI is InChI=1S/C20H14ClF6N3O3S2/c1-10-17(20(25,26)27)28-18(34-10)29-35(31,32)12-3-5-15-16(9-12)33-7-6-30(15)14-4-2-11(8-13(14)21)19(22,23)24/h2-5,8-9H,6-7H2,1H3,(H,28,29). The summed E-state index contributed by atoms with van der Waals surface area (Å²) < 4.78 is 111. The minimum Gasteiger partial charge on any atom is -0.489 e. The number of sulfonamides is 1. The minimum atomic E-state index is -4.73. The zero-order chi connectivity index (χ0) is 25.8. The Morgan fingerprint density at radius 2 is 1.74 bits per heavy atom. The lowest BCUT2D eigenvalue weighted by molar-refractivity contribution is -0.141. The number of aromatic nitrogens is 1. The Bertz CT molecular complexity index is 1390. The van der Waals surface area contributed by atoms with Gasteiger partial charge in [0.25, 0.3) is 10.0 Å². The lowest BCUT2D eigenvalue weighted by atomic mass is 10.1. The molecule has 6 nitrogen and oxygen atoms in total. The summed E-state index contributed by atoms with van der Waals surface area (Å²) >= 11 is 6.64. The van der Waals surface area contributed by atoms with Crippen molar-refractivity contribution in [2.45, 2.75) is 24.2 Å². The molecule has 15 heteroatoms. The fourth-order valence-electron chi connectivity index (χ4n) is 3.40. The zero-order valence-electron chi connectivity index (χ0n) is 17.5. The summed E-state index contributed by atoms with van der Waals surface area (Å²) in [6.07, 6.45) is -9.30. The zero-order valence-corrected chi connectivity index (χ0v) is 19.8.